The first kappa shape index (κ1) is 12.4. The monoisotopic (exact) mass is 216 g/mol. The first-order valence-corrected chi connectivity index (χ1v) is 3.54. The number of hydrogen-bond donors (Lipinski definition) is 1. The Morgan fingerprint density at radius 2 is 2.00 bits per heavy atom. The number of aliphatic hydroxyl groups excluding tert-OH is 1. The second-order valence-corrected chi connectivity index (χ2v) is 2.74. The van der Waals surface area contributed by atoms with Gasteiger partial charge in [0.2, 0.25) is 0 Å². The molecular weight excluding hydrogens is 210 g/mol. The zero-order valence-corrected chi connectivity index (χ0v) is 10.8. The summed E-state index contributed by atoms with van der Waals surface area (Å²) in [6.45, 7) is -0.0456. The fourth-order valence-electron chi connectivity index (χ4n) is 0.650. The third kappa shape index (κ3) is 3.74. The van der Waals surface area contributed by atoms with Crippen molar-refractivity contribution in [3.63, 3.8) is 0 Å². The topological polar surface area (TPSA) is 20.2 Å². The molecule has 11 heavy (non-hydrogen) atoms. The van der Waals surface area contributed by atoms with E-state index in [-0.39, 0.29) is 59.4 Å². The molecule has 0 aliphatic carbocycles. The second kappa shape index (κ2) is 5.94. The number of halogens is 2. The maximum atomic E-state index is 8.68. The van der Waals surface area contributed by atoms with Gasteiger partial charge in [0.15, 0.2) is 0 Å². The normalized spacial score (nSPS) is 9.00. The van der Waals surface area contributed by atoms with Gasteiger partial charge in [-0.25, -0.2) is 0 Å². The second-order valence-electron chi connectivity index (χ2n) is 1.89. The maximum Gasteiger partial charge on any atom is 1.00 e. The van der Waals surface area contributed by atoms with Gasteiger partial charge in [0.25, 0.3) is 0 Å². The van der Waals surface area contributed by atoms with Gasteiger partial charge in [-0.15, -0.1) is 0 Å². The smallest absolute Gasteiger partial charge is 1.00 e. The molecular formula is C7H7Cl2KO. The van der Waals surface area contributed by atoms with Crippen molar-refractivity contribution in [1.29, 1.82) is 0 Å². The molecule has 0 bridgehead atoms. The third-order valence-corrected chi connectivity index (χ3v) is 1.77. The molecule has 4 heteroatoms. The number of hydrogen-bond acceptors (Lipinski definition) is 1. The quantitative estimate of drug-likeness (QED) is 0.635. The van der Waals surface area contributed by atoms with Gasteiger partial charge >= 0.3 is 51.4 Å². The predicted octanol–water partition coefficient (Wildman–Crippen LogP) is -0.398. The van der Waals surface area contributed by atoms with Crippen molar-refractivity contribution >= 4 is 23.2 Å². The first-order valence-electron chi connectivity index (χ1n) is 2.79. The fraction of sp³-hybridized carbons (Fsp3) is 0.143. The van der Waals surface area contributed by atoms with Crippen LogP contribution in [0.3, 0.4) is 0 Å². The SMILES string of the molecule is OCc1ccc(Cl)cc1Cl.[H-].[K+]. The number of rotatable bonds is 1. The molecule has 0 aliphatic heterocycles. The van der Waals surface area contributed by atoms with Crippen LogP contribution in [-0.2, 0) is 6.61 Å². The van der Waals surface area contributed by atoms with Crippen molar-refractivity contribution in [2.24, 2.45) is 0 Å². The molecule has 0 saturated heterocycles. The summed E-state index contributed by atoms with van der Waals surface area (Å²) in [6, 6.07) is 5.00. The van der Waals surface area contributed by atoms with E-state index >= 15 is 0 Å². The summed E-state index contributed by atoms with van der Waals surface area (Å²) in [7, 11) is 0. The number of aliphatic hydroxyl groups is 1. The van der Waals surface area contributed by atoms with E-state index in [1.807, 2.05) is 0 Å². The molecule has 0 spiro atoms. The third-order valence-electron chi connectivity index (χ3n) is 1.19. The average Bonchev–Trinajstić information content (AvgIpc) is 1.88. The minimum atomic E-state index is -0.0456. The minimum Gasteiger partial charge on any atom is -1.00 e. The van der Waals surface area contributed by atoms with Gasteiger partial charge in [-0.05, 0) is 17.7 Å². The molecule has 0 unspecified atom stereocenters. The average molecular weight is 217 g/mol. The van der Waals surface area contributed by atoms with E-state index in [0.29, 0.717) is 15.6 Å². The molecule has 0 heterocycles. The van der Waals surface area contributed by atoms with E-state index in [4.69, 9.17) is 28.3 Å². The van der Waals surface area contributed by atoms with E-state index in [9.17, 15) is 0 Å². The van der Waals surface area contributed by atoms with E-state index in [1.54, 1.807) is 18.2 Å². The summed E-state index contributed by atoms with van der Waals surface area (Å²) in [5.74, 6) is 0. The van der Waals surface area contributed by atoms with Crippen LogP contribution in [0.5, 0.6) is 0 Å². The van der Waals surface area contributed by atoms with Crippen LogP contribution < -0.4 is 51.4 Å². The van der Waals surface area contributed by atoms with Crippen LogP contribution >= 0.6 is 23.2 Å². The fourth-order valence-corrected chi connectivity index (χ4v) is 1.12. The van der Waals surface area contributed by atoms with Crippen molar-refractivity contribution in [3.05, 3.63) is 33.8 Å². The van der Waals surface area contributed by atoms with E-state index in [1.165, 1.54) is 0 Å². The summed E-state index contributed by atoms with van der Waals surface area (Å²) in [4.78, 5) is 0. The Bertz CT molecular complexity index is 245. The minimum absolute atomic E-state index is 0. The Kier molecular flexibility index (Phi) is 6.70. The molecule has 56 valence electrons. The summed E-state index contributed by atoms with van der Waals surface area (Å²) in [5.41, 5.74) is 0.700. The molecule has 1 aromatic rings. The zero-order valence-electron chi connectivity index (χ0n) is 7.14. The molecule has 1 nitrogen and oxygen atoms in total. The molecule has 0 amide bonds. The summed E-state index contributed by atoms with van der Waals surface area (Å²) >= 11 is 11.3. The van der Waals surface area contributed by atoms with E-state index in [2.05, 4.69) is 0 Å². The Labute approximate surface area is 120 Å². The predicted molar refractivity (Wildman–Crippen MR) is 43.5 cm³/mol. The van der Waals surface area contributed by atoms with Gasteiger partial charge in [0, 0.05) is 10.0 Å². The number of benzene rings is 1. The van der Waals surface area contributed by atoms with Crippen LogP contribution in [0.1, 0.15) is 6.99 Å². The molecule has 0 saturated carbocycles. The molecule has 1 N–H and O–H groups in total. The van der Waals surface area contributed by atoms with Crippen molar-refractivity contribution < 1.29 is 57.9 Å². The van der Waals surface area contributed by atoms with Crippen LogP contribution in [0.2, 0.25) is 10.0 Å². The van der Waals surface area contributed by atoms with Crippen LogP contribution in [0.25, 0.3) is 0 Å². The Hall–Kier alpha value is 1.40. The molecule has 0 fully saturated rings. The Balaban J connectivity index is 0. The van der Waals surface area contributed by atoms with Crippen molar-refractivity contribution in [1.82, 2.24) is 0 Å². The van der Waals surface area contributed by atoms with Crippen LogP contribution in [0.15, 0.2) is 18.2 Å². The Morgan fingerprint density at radius 1 is 1.36 bits per heavy atom. The van der Waals surface area contributed by atoms with Crippen LogP contribution in [-0.4, -0.2) is 5.11 Å². The van der Waals surface area contributed by atoms with Gasteiger partial charge in [0.05, 0.1) is 6.61 Å². The zero-order chi connectivity index (χ0) is 7.56. The van der Waals surface area contributed by atoms with Gasteiger partial charge in [-0.1, -0.05) is 29.3 Å². The van der Waals surface area contributed by atoms with Gasteiger partial charge in [-0.3, -0.25) is 0 Å². The van der Waals surface area contributed by atoms with Gasteiger partial charge in [-0.2, -0.15) is 0 Å². The van der Waals surface area contributed by atoms with Crippen LogP contribution in [0.4, 0.5) is 0 Å². The molecule has 0 atom stereocenters. The molecule has 0 radical (unpaired) electrons. The summed E-state index contributed by atoms with van der Waals surface area (Å²) in [6.07, 6.45) is 0. The van der Waals surface area contributed by atoms with E-state index < -0.39 is 0 Å². The Morgan fingerprint density at radius 3 is 2.45 bits per heavy atom. The van der Waals surface area contributed by atoms with E-state index in [0.717, 1.165) is 0 Å². The largest absolute Gasteiger partial charge is 1.00 e. The van der Waals surface area contributed by atoms with Gasteiger partial charge < -0.3 is 6.53 Å². The van der Waals surface area contributed by atoms with Crippen LogP contribution in [0, 0.1) is 0 Å². The maximum absolute atomic E-state index is 8.68. The molecule has 0 aliphatic rings. The molecule has 0 aromatic heterocycles. The van der Waals surface area contributed by atoms with Crippen molar-refractivity contribution in [2.45, 2.75) is 6.61 Å². The summed E-state index contributed by atoms with van der Waals surface area (Å²) < 4.78 is 0. The van der Waals surface area contributed by atoms with Crippen molar-refractivity contribution in [3.8, 4) is 0 Å². The summed E-state index contributed by atoms with van der Waals surface area (Å²) in [5, 5.41) is 9.78. The van der Waals surface area contributed by atoms with Gasteiger partial charge in [0.1, 0.15) is 0 Å². The first-order chi connectivity index (χ1) is 4.74. The standard InChI is InChI=1S/C7H6Cl2O.K.H/c8-6-2-1-5(4-10)7(9)3-6;;/h1-3,10H,4H2;;/q;+1;-1. The van der Waals surface area contributed by atoms with Crippen molar-refractivity contribution in [2.75, 3.05) is 0 Å². The molecule has 1 rings (SSSR count). The molecule has 1 aromatic carbocycles.